The second kappa shape index (κ2) is 7.87. The van der Waals surface area contributed by atoms with Crippen molar-refractivity contribution >= 4 is 34.5 Å². The molecule has 2 aliphatic rings. The number of carbonyl (C=O) groups excluding carboxylic acids is 2. The summed E-state index contributed by atoms with van der Waals surface area (Å²) in [6.07, 6.45) is 0. The number of nitrogens with zero attached hydrogens (tertiary/aromatic N) is 2. The third-order valence-electron chi connectivity index (χ3n) is 5.80. The van der Waals surface area contributed by atoms with Crippen LogP contribution in [0.4, 0.5) is 5.69 Å². The average Bonchev–Trinajstić information content (AvgIpc) is 3.51. The number of rotatable bonds is 4. The Morgan fingerprint density at radius 2 is 2.06 bits per heavy atom. The Morgan fingerprint density at radius 3 is 2.78 bits per heavy atom. The molecule has 1 fully saturated rings. The molecule has 0 aliphatic carbocycles. The topological polar surface area (TPSA) is 83.2 Å². The Kier molecular flexibility index (Phi) is 5.01. The quantitative estimate of drug-likeness (QED) is 0.366. The molecule has 5 rings (SSSR count). The number of ether oxygens (including phenoxy) is 1. The first-order valence-corrected chi connectivity index (χ1v) is 11.2. The van der Waals surface area contributed by atoms with Gasteiger partial charge in [-0.15, -0.1) is 11.3 Å². The average molecular weight is 451 g/mol. The molecule has 0 spiro atoms. The molecule has 1 saturated heterocycles. The van der Waals surface area contributed by atoms with Crippen LogP contribution in [0.5, 0.6) is 5.75 Å². The van der Waals surface area contributed by atoms with Gasteiger partial charge in [-0.2, -0.15) is 0 Å². The summed E-state index contributed by atoms with van der Waals surface area (Å²) in [5, 5.41) is 13.2. The third kappa shape index (κ3) is 3.36. The number of ketones is 1. The van der Waals surface area contributed by atoms with Crippen molar-refractivity contribution in [2.75, 3.05) is 25.1 Å². The molecular formula is C24H22N2O5S. The number of Topliss-reactive ketones (excluding diaryl/α,β-unsaturated/α-hetero) is 1. The molecule has 3 aromatic rings. The minimum Gasteiger partial charge on any atom is -0.507 e. The van der Waals surface area contributed by atoms with Gasteiger partial charge in [-0.05, 0) is 48.7 Å². The number of aryl methyl sites for hydroxylation is 1. The second-order valence-corrected chi connectivity index (χ2v) is 8.94. The summed E-state index contributed by atoms with van der Waals surface area (Å²) in [4.78, 5) is 30.6. The Bertz CT molecular complexity index is 1230. The van der Waals surface area contributed by atoms with E-state index < -0.39 is 17.7 Å². The van der Waals surface area contributed by atoms with E-state index in [0.29, 0.717) is 36.0 Å². The molecule has 1 atom stereocenters. The molecule has 1 N–H and O–H groups in total. The first-order valence-electron chi connectivity index (χ1n) is 10.3. The summed E-state index contributed by atoms with van der Waals surface area (Å²) in [6.45, 7) is 3.35. The molecule has 0 radical (unpaired) electrons. The molecule has 1 amide bonds. The highest BCUT2D eigenvalue weighted by Crippen LogP contribution is 2.42. The van der Waals surface area contributed by atoms with Gasteiger partial charge in [-0.25, -0.2) is 0 Å². The number of amides is 1. The van der Waals surface area contributed by atoms with E-state index in [9.17, 15) is 14.7 Å². The molecule has 1 unspecified atom stereocenters. The highest BCUT2D eigenvalue weighted by atomic mass is 32.1. The third-order valence-corrected chi connectivity index (χ3v) is 6.67. The maximum Gasteiger partial charge on any atom is 0.296 e. The molecule has 7 nitrogen and oxygen atoms in total. The summed E-state index contributed by atoms with van der Waals surface area (Å²) in [6, 6.07) is 11.8. The zero-order valence-corrected chi connectivity index (χ0v) is 18.5. The number of fused-ring (bicyclic) bond motifs is 1. The van der Waals surface area contributed by atoms with Crippen molar-refractivity contribution in [1.29, 1.82) is 0 Å². The van der Waals surface area contributed by atoms with Crippen molar-refractivity contribution in [3.8, 4) is 5.75 Å². The van der Waals surface area contributed by atoms with E-state index >= 15 is 0 Å². The standard InChI is InChI=1S/C24H22N2O5S/c1-14-5-7-19(31-14)21-20(23(28)24(29)26(21)13-16-4-3-11-32-16)22(27)15-6-8-18-17(12-15)25(2)9-10-30-18/h3-8,11-12,21,27H,9-10,13H2,1-2H3/b22-20-. The largest absolute Gasteiger partial charge is 0.507 e. The van der Waals surface area contributed by atoms with E-state index in [1.807, 2.05) is 29.5 Å². The number of furan rings is 1. The number of aliphatic hydroxyl groups excluding tert-OH is 1. The number of hydrogen-bond acceptors (Lipinski definition) is 7. The van der Waals surface area contributed by atoms with Crippen LogP contribution >= 0.6 is 11.3 Å². The Labute approximate surface area is 189 Å². The minimum absolute atomic E-state index is 0.0280. The number of aliphatic hydroxyl groups is 1. The van der Waals surface area contributed by atoms with E-state index in [0.717, 1.165) is 10.6 Å². The fraction of sp³-hybridized carbons (Fsp3) is 0.250. The number of likely N-dealkylation sites (N-methyl/N-ethyl adjacent to an activating group) is 1. The summed E-state index contributed by atoms with van der Waals surface area (Å²) in [5.74, 6) is 0.217. The smallest absolute Gasteiger partial charge is 0.296 e. The van der Waals surface area contributed by atoms with Crippen LogP contribution in [0.2, 0.25) is 0 Å². The zero-order valence-electron chi connectivity index (χ0n) is 17.7. The fourth-order valence-corrected chi connectivity index (χ4v) is 4.87. The monoisotopic (exact) mass is 450 g/mol. The van der Waals surface area contributed by atoms with Gasteiger partial charge in [0.05, 0.1) is 24.4 Å². The van der Waals surface area contributed by atoms with Crippen LogP contribution in [0, 0.1) is 6.92 Å². The summed E-state index contributed by atoms with van der Waals surface area (Å²) in [7, 11) is 1.94. The van der Waals surface area contributed by atoms with Gasteiger partial charge in [0.2, 0.25) is 0 Å². The van der Waals surface area contributed by atoms with E-state index in [1.54, 1.807) is 37.3 Å². The van der Waals surface area contributed by atoms with Gasteiger partial charge in [0, 0.05) is 17.5 Å². The van der Waals surface area contributed by atoms with Crippen molar-refractivity contribution < 1.29 is 23.8 Å². The molecule has 1 aromatic carbocycles. The van der Waals surface area contributed by atoms with Crippen LogP contribution in [-0.2, 0) is 16.1 Å². The highest BCUT2D eigenvalue weighted by molar-refractivity contribution is 7.09. The summed E-state index contributed by atoms with van der Waals surface area (Å²) < 4.78 is 11.5. The van der Waals surface area contributed by atoms with Gasteiger partial charge in [0.25, 0.3) is 11.7 Å². The molecule has 4 heterocycles. The number of benzene rings is 1. The highest BCUT2D eigenvalue weighted by Gasteiger charge is 2.47. The van der Waals surface area contributed by atoms with Gasteiger partial charge >= 0.3 is 0 Å². The van der Waals surface area contributed by atoms with Crippen LogP contribution in [-0.4, -0.2) is 41.9 Å². The van der Waals surface area contributed by atoms with E-state index in [-0.39, 0.29) is 17.9 Å². The lowest BCUT2D eigenvalue weighted by molar-refractivity contribution is -0.140. The lowest BCUT2D eigenvalue weighted by atomic mass is 9.98. The molecule has 8 heteroatoms. The normalized spacial score (nSPS) is 19.9. The van der Waals surface area contributed by atoms with E-state index in [2.05, 4.69) is 0 Å². The molecular weight excluding hydrogens is 428 g/mol. The number of hydrogen-bond donors (Lipinski definition) is 1. The van der Waals surface area contributed by atoms with E-state index in [1.165, 1.54) is 16.2 Å². The lowest BCUT2D eigenvalue weighted by Crippen LogP contribution is -2.28. The number of thiophene rings is 1. The molecule has 32 heavy (non-hydrogen) atoms. The minimum atomic E-state index is -0.809. The molecule has 2 aliphatic heterocycles. The first-order chi connectivity index (χ1) is 15.4. The van der Waals surface area contributed by atoms with Crippen molar-refractivity contribution in [3.05, 3.63) is 75.4 Å². The van der Waals surface area contributed by atoms with Crippen LogP contribution in [0.15, 0.2) is 57.8 Å². The Morgan fingerprint density at radius 1 is 1.22 bits per heavy atom. The van der Waals surface area contributed by atoms with Crippen molar-refractivity contribution in [2.45, 2.75) is 19.5 Å². The van der Waals surface area contributed by atoms with Gasteiger partial charge < -0.3 is 24.1 Å². The summed E-state index contributed by atoms with van der Waals surface area (Å²) in [5.41, 5.74) is 1.29. The maximum absolute atomic E-state index is 13.1. The van der Waals surface area contributed by atoms with Crippen molar-refractivity contribution in [1.82, 2.24) is 4.90 Å². The van der Waals surface area contributed by atoms with Gasteiger partial charge in [0.15, 0.2) is 0 Å². The zero-order chi connectivity index (χ0) is 22.4. The van der Waals surface area contributed by atoms with E-state index in [4.69, 9.17) is 9.15 Å². The lowest BCUT2D eigenvalue weighted by Gasteiger charge is -2.28. The SMILES string of the molecule is Cc1ccc(C2/C(=C(/O)c3ccc4c(c3)N(C)CCO4)C(=O)C(=O)N2Cc2cccs2)o1. The van der Waals surface area contributed by atoms with Gasteiger partial charge in [-0.3, -0.25) is 9.59 Å². The van der Waals surface area contributed by atoms with Crippen LogP contribution in [0.1, 0.15) is 28.0 Å². The Hall–Kier alpha value is -3.52. The number of anilines is 1. The van der Waals surface area contributed by atoms with Crippen LogP contribution in [0.25, 0.3) is 5.76 Å². The first kappa shape index (κ1) is 20.4. The van der Waals surface area contributed by atoms with Crippen molar-refractivity contribution in [2.24, 2.45) is 0 Å². The predicted octanol–water partition coefficient (Wildman–Crippen LogP) is 4.10. The van der Waals surface area contributed by atoms with Crippen LogP contribution < -0.4 is 9.64 Å². The van der Waals surface area contributed by atoms with Crippen LogP contribution in [0.3, 0.4) is 0 Å². The Balaban J connectivity index is 1.63. The summed E-state index contributed by atoms with van der Waals surface area (Å²) >= 11 is 1.50. The predicted molar refractivity (Wildman–Crippen MR) is 121 cm³/mol. The molecule has 0 bridgehead atoms. The molecule has 0 saturated carbocycles. The van der Waals surface area contributed by atoms with Gasteiger partial charge in [0.1, 0.15) is 35.7 Å². The van der Waals surface area contributed by atoms with Crippen molar-refractivity contribution in [3.63, 3.8) is 0 Å². The maximum atomic E-state index is 13.1. The molecule has 164 valence electrons. The molecule has 2 aromatic heterocycles. The van der Waals surface area contributed by atoms with Gasteiger partial charge in [-0.1, -0.05) is 6.07 Å². The second-order valence-electron chi connectivity index (χ2n) is 7.91. The fourth-order valence-electron chi connectivity index (χ4n) is 4.16. The number of likely N-dealkylation sites (tertiary alicyclic amines) is 1. The number of carbonyl (C=O) groups is 2.